The van der Waals surface area contributed by atoms with Gasteiger partial charge in [0.15, 0.2) is 5.01 Å². The van der Waals surface area contributed by atoms with Crippen LogP contribution in [0.1, 0.15) is 44.7 Å². The number of nitrogens with one attached hydrogen (secondary N) is 3. The van der Waals surface area contributed by atoms with Gasteiger partial charge in [-0.05, 0) is 38.1 Å². The van der Waals surface area contributed by atoms with E-state index < -0.39 is 24.1 Å². The Kier molecular flexibility index (Phi) is 6.62. The molecule has 2 atom stereocenters. The first-order valence-corrected chi connectivity index (χ1v) is 13.0. The molecule has 2 aromatic heterocycles. The lowest BCUT2D eigenvalue weighted by molar-refractivity contribution is 0.0894. The van der Waals surface area contributed by atoms with Crippen molar-refractivity contribution in [3.63, 3.8) is 0 Å². The van der Waals surface area contributed by atoms with E-state index in [2.05, 4.69) is 39.3 Å². The number of benzene rings is 1. The molecule has 10 nitrogen and oxygen atoms in total. The molecule has 190 valence electrons. The molecule has 1 aromatic carbocycles. The zero-order chi connectivity index (χ0) is 25.6. The van der Waals surface area contributed by atoms with Gasteiger partial charge in [0.2, 0.25) is 0 Å². The highest BCUT2D eigenvalue weighted by Crippen LogP contribution is 2.27. The molecule has 3 aromatic rings. The van der Waals surface area contributed by atoms with Crippen LogP contribution < -0.4 is 10.6 Å². The molecule has 0 unspecified atom stereocenters. The van der Waals surface area contributed by atoms with Gasteiger partial charge in [-0.25, -0.2) is 9.78 Å². The van der Waals surface area contributed by atoms with Crippen molar-refractivity contribution < 1.29 is 19.5 Å². The van der Waals surface area contributed by atoms with Gasteiger partial charge in [-0.1, -0.05) is 11.6 Å². The van der Waals surface area contributed by atoms with Crippen molar-refractivity contribution in [2.75, 3.05) is 19.6 Å². The average Bonchev–Trinajstić information content (AvgIpc) is 3.54. The summed E-state index contributed by atoms with van der Waals surface area (Å²) in [6.07, 6.45) is -0.313. The van der Waals surface area contributed by atoms with Gasteiger partial charge >= 0.3 is 6.09 Å². The van der Waals surface area contributed by atoms with Crippen LogP contribution in [0.5, 0.6) is 0 Å². The van der Waals surface area contributed by atoms with E-state index in [0.717, 1.165) is 41.0 Å². The van der Waals surface area contributed by atoms with E-state index in [0.29, 0.717) is 21.8 Å². The quantitative estimate of drug-likeness (QED) is 0.401. The van der Waals surface area contributed by atoms with E-state index in [4.69, 9.17) is 11.6 Å². The summed E-state index contributed by atoms with van der Waals surface area (Å²) < 4.78 is 0. The van der Waals surface area contributed by atoms with Crippen molar-refractivity contribution in [1.29, 1.82) is 0 Å². The number of carboxylic acid groups (broad SMARTS) is 1. The second-order valence-corrected chi connectivity index (χ2v) is 11.0. The minimum atomic E-state index is -1.11. The third-order valence-corrected chi connectivity index (χ3v) is 8.05. The topological polar surface area (TPSA) is 131 Å². The molecular formula is C24H27ClN6O4S. The number of thiazole rings is 1. The Balaban J connectivity index is 1.30. The fourth-order valence-electron chi connectivity index (χ4n) is 4.71. The maximum Gasteiger partial charge on any atom is 0.407 e. The van der Waals surface area contributed by atoms with Gasteiger partial charge in [-0.3, -0.25) is 14.5 Å². The van der Waals surface area contributed by atoms with E-state index in [1.54, 1.807) is 24.3 Å². The fourth-order valence-corrected chi connectivity index (χ4v) is 5.93. The highest BCUT2D eigenvalue weighted by molar-refractivity contribution is 7.13. The summed E-state index contributed by atoms with van der Waals surface area (Å²) in [5.74, 6) is -0.750. The summed E-state index contributed by atoms with van der Waals surface area (Å²) in [7, 11) is 0. The van der Waals surface area contributed by atoms with E-state index in [-0.39, 0.29) is 19.0 Å². The minimum absolute atomic E-state index is 0.0653. The lowest BCUT2D eigenvalue weighted by atomic mass is 10.1. The number of hydrogen-bond acceptors (Lipinski definition) is 6. The molecule has 0 bridgehead atoms. The molecule has 1 fully saturated rings. The largest absolute Gasteiger partial charge is 0.465 e. The number of rotatable bonds is 5. The van der Waals surface area contributed by atoms with Crippen LogP contribution in [-0.2, 0) is 13.0 Å². The first kappa shape index (κ1) is 24.5. The predicted octanol–water partition coefficient (Wildman–Crippen LogP) is 2.93. The van der Waals surface area contributed by atoms with Crippen LogP contribution in [0, 0.1) is 0 Å². The molecule has 2 aliphatic rings. The van der Waals surface area contributed by atoms with E-state index >= 15 is 0 Å². The van der Waals surface area contributed by atoms with Crippen LogP contribution >= 0.6 is 22.9 Å². The third-order valence-electron chi connectivity index (χ3n) is 6.74. The molecule has 12 heteroatoms. The first-order chi connectivity index (χ1) is 17.2. The Morgan fingerprint density at radius 3 is 2.58 bits per heavy atom. The van der Waals surface area contributed by atoms with Crippen LogP contribution in [0.3, 0.4) is 0 Å². The summed E-state index contributed by atoms with van der Waals surface area (Å²) in [6.45, 7) is 6.10. The Morgan fingerprint density at radius 2 is 1.89 bits per heavy atom. The van der Waals surface area contributed by atoms with Crippen LogP contribution in [-0.4, -0.2) is 80.5 Å². The number of amides is 3. The molecule has 4 heterocycles. The number of aromatic nitrogens is 2. The normalized spacial score (nSPS) is 20.1. The molecule has 0 spiro atoms. The number of likely N-dealkylation sites (tertiary alicyclic amines) is 1. The van der Waals surface area contributed by atoms with Crippen molar-refractivity contribution in [2.24, 2.45) is 0 Å². The number of fused-ring (bicyclic) bond motifs is 2. The molecule has 0 saturated carbocycles. The molecule has 4 N–H and O–H groups in total. The van der Waals surface area contributed by atoms with Crippen LogP contribution in [0.15, 0.2) is 24.3 Å². The van der Waals surface area contributed by atoms with Gasteiger partial charge in [0.1, 0.15) is 5.69 Å². The smallest absolute Gasteiger partial charge is 0.407 e. The number of halogens is 1. The summed E-state index contributed by atoms with van der Waals surface area (Å²) >= 11 is 7.41. The number of carbonyl (C=O) groups is 3. The van der Waals surface area contributed by atoms with Crippen LogP contribution in [0.2, 0.25) is 5.02 Å². The van der Waals surface area contributed by atoms with Crippen molar-refractivity contribution in [3.05, 3.63) is 50.6 Å². The number of hydrogen-bond donors (Lipinski definition) is 4. The van der Waals surface area contributed by atoms with Gasteiger partial charge in [-0.15, -0.1) is 11.3 Å². The second-order valence-electron chi connectivity index (χ2n) is 9.47. The average molecular weight is 531 g/mol. The van der Waals surface area contributed by atoms with Crippen LogP contribution in [0.25, 0.3) is 10.9 Å². The predicted molar refractivity (Wildman–Crippen MR) is 137 cm³/mol. The minimum Gasteiger partial charge on any atom is -0.465 e. The highest BCUT2D eigenvalue weighted by Gasteiger charge is 2.38. The maximum atomic E-state index is 13.1. The molecular weight excluding hydrogens is 504 g/mol. The number of carbonyl (C=O) groups excluding carboxylic acids is 2. The van der Waals surface area contributed by atoms with Crippen molar-refractivity contribution in [1.82, 2.24) is 30.4 Å². The summed E-state index contributed by atoms with van der Waals surface area (Å²) in [6, 6.07) is 6.18. The lowest BCUT2D eigenvalue weighted by Gasteiger charge is -2.29. The molecule has 0 radical (unpaired) electrons. The Hall–Kier alpha value is -3.15. The molecule has 0 aliphatic carbocycles. The molecule has 2 aliphatic heterocycles. The van der Waals surface area contributed by atoms with Crippen molar-refractivity contribution in [3.8, 4) is 0 Å². The van der Waals surface area contributed by atoms with Gasteiger partial charge in [0.25, 0.3) is 11.8 Å². The number of H-pyrrole nitrogens is 1. The molecule has 5 rings (SSSR count). The molecule has 1 saturated heterocycles. The van der Waals surface area contributed by atoms with E-state index in [1.807, 2.05) is 0 Å². The second kappa shape index (κ2) is 9.72. The Labute approximate surface area is 216 Å². The monoisotopic (exact) mass is 530 g/mol. The number of nitrogens with zero attached hydrogens (tertiary/aromatic N) is 3. The highest BCUT2D eigenvalue weighted by atomic mass is 35.5. The van der Waals surface area contributed by atoms with Gasteiger partial charge in [0, 0.05) is 59.4 Å². The lowest BCUT2D eigenvalue weighted by Crippen LogP contribution is -2.51. The van der Waals surface area contributed by atoms with Crippen molar-refractivity contribution >= 4 is 51.7 Å². The van der Waals surface area contributed by atoms with Gasteiger partial charge in [-0.2, -0.15) is 0 Å². The van der Waals surface area contributed by atoms with E-state index in [1.165, 1.54) is 16.2 Å². The summed E-state index contributed by atoms with van der Waals surface area (Å²) in [5, 5.41) is 17.0. The molecule has 36 heavy (non-hydrogen) atoms. The maximum absolute atomic E-state index is 13.1. The SMILES string of the molecule is CC(C)N1CCc2nc(C(=O)N[C@@H]3CN(C(=O)O)C[C@H]3NC(=O)c3cc4cc(Cl)ccc4[nH]3)sc2C1. The van der Waals surface area contributed by atoms with Gasteiger partial charge in [0.05, 0.1) is 17.8 Å². The van der Waals surface area contributed by atoms with Gasteiger partial charge < -0.3 is 25.6 Å². The Bertz CT molecular complexity index is 1340. The third kappa shape index (κ3) is 4.91. The van der Waals surface area contributed by atoms with E-state index in [9.17, 15) is 19.5 Å². The summed E-state index contributed by atoms with van der Waals surface area (Å²) in [4.78, 5) is 49.9. The summed E-state index contributed by atoms with van der Waals surface area (Å²) in [5.41, 5.74) is 2.04. The van der Waals surface area contributed by atoms with Crippen molar-refractivity contribution in [2.45, 2.75) is 44.9 Å². The zero-order valence-corrected chi connectivity index (χ0v) is 21.4. The Morgan fingerprint density at radius 1 is 1.17 bits per heavy atom. The fraction of sp³-hybridized carbons (Fsp3) is 0.417. The molecule has 3 amide bonds. The standard InChI is InChI=1S/C24H27ClN6O4S/c1-12(2)30-6-5-16-20(11-30)36-23(29-16)22(33)28-19-10-31(24(34)35)9-18(19)27-21(32)17-8-13-7-14(25)3-4-15(13)26-17/h3-4,7-8,12,18-19,26H,5-6,9-11H2,1-2H3,(H,27,32)(H,28,33)(H,34,35)/t18-,19-/m1/s1. The zero-order valence-electron chi connectivity index (χ0n) is 19.9. The first-order valence-electron chi connectivity index (χ1n) is 11.8. The van der Waals surface area contributed by atoms with Crippen LogP contribution in [0.4, 0.5) is 4.79 Å². The number of aromatic amines is 1.